The van der Waals surface area contributed by atoms with Crippen LogP contribution in [0.4, 0.5) is 13.2 Å². The average molecular weight is 248 g/mol. The van der Waals surface area contributed by atoms with Crippen molar-refractivity contribution in [1.29, 1.82) is 0 Å². The van der Waals surface area contributed by atoms with Crippen LogP contribution < -0.4 is 5.32 Å². The zero-order valence-corrected chi connectivity index (χ0v) is 9.14. The van der Waals surface area contributed by atoms with E-state index in [-0.39, 0.29) is 7.43 Å². The van der Waals surface area contributed by atoms with Gasteiger partial charge in [-0.05, 0) is 19.2 Å². The molecule has 98 valence electrons. The van der Waals surface area contributed by atoms with Crippen molar-refractivity contribution in [1.82, 2.24) is 10.2 Å². The van der Waals surface area contributed by atoms with E-state index in [1.54, 1.807) is 0 Å². The molecule has 1 aromatic rings. The van der Waals surface area contributed by atoms with Gasteiger partial charge in [0.05, 0.1) is 0 Å². The molecule has 1 N–H and O–H groups in total. The van der Waals surface area contributed by atoms with Crippen molar-refractivity contribution in [3.05, 3.63) is 35.7 Å². The predicted molar refractivity (Wildman–Crippen MR) is 63.4 cm³/mol. The van der Waals surface area contributed by atoms with Gasteiger partial charge in [0.1, 0.15) is 5.82 Å². The monoisotopic (exact) mass is 248 g/mol. The second-order valence-corrected chi connectivity index (χ2v) is 3.61. The minimum absolute atomic E-state index is 0. The van der Waals surface area contributed by atoms with Crippen LogP contribution in [0.5, 0.6) is 0 Å². The minimum Gasteiger partial charge on any atom is -0.314 e. The van der Waals surface area contributed by atoms with Gasteiger partial charge in [-0.25, -0.2) is 13.2 Å². The Labute approximate surface area is 100 Å². The Balaban J connectivity index is 0.000000292. The topological polar surface area (TPSA) is 15.3 Å². The number of halogens is 3. The highest BCUT2D eigenvalue weighted by Gasteiger charge is 2.01. The Kier molecular flexibility index (Phi) is 7.58. The molecule has 0 spiro atoms. The van der Waals surface area contributed by atoms with Gasteiger partial charge in [-0.1, -0.05) is 7.43 Å². The lowest BCUT2D eigenvalue weighted by Crippen LogP contribution is -2.40. The van der Waals surface area contributed by atoms with E-state index in [1.807, 2.05) is 0 Å². The first kappa shape index (κ1) is 15.9. The van der Waals surface area contributed by atoms with Gasteiger partial charge in [0, 0.05) is 32.2 Å². The highest BCUT2D eigenvalue weighted by Crippen LogP contribution is 2.05. The Bertz CT molecular complexity index is 326. The van der Waals surface area contributed by atoms with Crippen LogP contribution in [0.2, 0.25) is 0 Å². The van der Waals surface area contributed by atoms with E-state index in [2.05, 4.69) is 17.3 Å². The van der Waals surface area contributed by atoms with Crippen LogP contribution in [-0.2, 0) is 0 Å². The Morgan fingerprint density at radius 2 is 1.65 bits per heavy atom. The zero-order valence-electron chi connectivity index (χ0n) is 9.14. The molecule has 1 aliphatic heterocycles. The highest BCUT2D eigenvalue weighted by molar-refractivity contribution is 5.07. The Morgan fingerprint density at radius 1 is 1.06 bits per heavy atom. The molecule has 0 radical (unpaired) electrons. The summed E-state index contributed by atoms with van der Waals surface area (Å²) in [5.41, 5.74) is 0. The molecular weight excluding hydrogens is 229 g/mol. The molecule has 2 nitrogen and oxygen atoms in total. The fraction of sp³-hybridized carbons (Fsp3) is 0.500. The van der Waals surface area contributed by atoms with Crippen LogP contribution in [0, 0.1) is 17.5 Å². The summed E-state index contributed by atoms with van der Waals surface area (Å²) >= 11 is 0. The fourth-order valence-corrected chi connectivity index (χ4v) is 1.25. The molecule has 0 amide bonds. The van der Waals surface area contributed by atoms with Gasteiger partial charge in [0.25, 0.3) is 0 Å². The predicted octanol–water partition coefficient (Wildman–Crippen LogP) is 2.26. The molecule has 17 heavy (non-hydrogen) atoms. The number of likely N-dealkylation sites (N-methyl/N-ethyl adjacent to an activating group) is 1. The van der Waals surface area contributed by atoms with E-state index in [1.165, 1.54) is 13.1 Å². The fourth-order valence-electron chi connectivity index (χ4n) is 1.25. The maximum absolute atomic E-state index is 12.0. The molecule has 1 saturated heterocycles. The quantitative estimate of drug-likeness (QED) is 0.708. The van der Waals surface area contributed by atoms with E-state index in [0.29, 0.717) is 6.07 Å². The lowest BCUT2D eigenvalue weighted by Gasteiger charge is -2.21. The third-order valence-corrected chi connectivity index (χ3v) is 2.22. The van der Waals surface area contributed by atoms with Gasteiger partial charge in [-0.3, -0.25) is 0 Å². The van der Waals surface area contributed by atoms with Crippen LogP contribution in [0.1, 0.15) is 7.43 Å². The summed E-state index contributed by atoms with van der Waals surface area (Å²) in [4.78, 5) is 2.33. The second-order valence-electron chi connectivity index (χ2n) is 3.61. The zero-order chi connectivity index (χ0) is 12.0. The summed E-state index contributed by atoms with van der Waals surface area (Å²) in [7, 11) is 2.15. The third kappa shape index (κ3) is 6.28. The van der Waals surface area contributed by atoms with Crippen molar-refractivity contribution in [3.63, 3.8) is 0 Å². The van der Waals surface area contributed by atoms with Crippen LogP contribution in [0.3, 0.4) is 0 Å². The van der Waals surface area contributed by atoms with Gasteiger partial charge in [-0.2, -0.15) is 0 Å². The molecular formula is C12H19F3N2. The summed E-state index contributed by atoms with van der Waals surface area (Å²) in [6.45, 7) is 4.74. The van der Waals surface area contributed by atoms with Gasteiger partial charge in [-0.15, -0.1) is 0 Å². The summed E-state index contributed by atoms with van der Waals surface area (Å²) in [5.74, 6) is -2.96. The van der Waals surface area contributed by atoms with E-state index >= 15 is 0 Å². The first-order valence-electron chi connectivity index (χ1n) is 5.09. The average Bonchev–Trinajstić information content (AvgIpc) is 2.26. The first-order chi connectivity index (χ1) is 7.59. The maximum Gasteiger partial charge on any atom is 0.161 e. The number of hydrogen-bond donors (Lipinski definition) is 1. The number of piperazine rings is 1. The molecule has 1 aliphatic rings. The summed E-state index contributed by atoms with van der Waals surface area (Å²) < 4.78 is 35.9. The van der Waals surface area contributed by atoms with Gasteiger partial charge in [0.15, 0.2) is 11.6 Å². The number of benzene rings is 1. The summed E-state index contributed by atoms with van der Waals surface area (Å²) in [6, 6.07) is 2.10. The lowest BCUT2D eigenvalue weighted by molar-refractivity contribution is 0.291. The molecule has 0 aliphatic carbocycles. The molecule has 0 unspecified atom stereocenters. The highest BCUT2D eigenvalue weighted by atomic mass is 19.2. The van der Waals surface area contributed by atoms with Crippen LogP contribution >= 0.6 is 0 Å². The van der Waals surface area contributed by atoms with Gasteiger partial charge >= 0.3 is 0 Å². The van der Waals surface area contributed by atoms with E-state index < -0.39 is 17.5 Å². The molecule has 5 heteroatoms. The van der Waals surface area contributed by atoms with Crippen LogP contribution in [-0.4, -0.2) is 38.1 Å². The Morgan fingerprint density at radius 3 is 2.00 bits per heavy atom. The van der Waals surface area contributed by atoms with Crippen molar-refractivity contribution in [3.8, 4) is 0 Å². The summed E-state index contributed by atoms with van der Waals surface area (Å²) in [6.07, 6.45) is 0. The lowest BCUT2D eigenvalue weighted by atomic mass is 10.3. The largest absolute Gasteiger partial charge is 0.314 e. The molecule has 0 bridgehead atoms. The summed E-state index contributed by atoms with van der Waals surface area (Å²) in [5, 5.41) is 3.27. The van der Waals surface area contributed by atoms with Crippen molar-refractivity contribution < 1.29 is 13.2 Å². The minimum atomic E-state index is -1.16. The molecule has 0 atom stereocenters. The number of hydrogen-bond acceptors (Lipinski definition) is 2. The van der Waals surface area contributed by atoms with Crippen LogP contribution in [0.25, 0.3) is 0 Å². The van der Waals surface area contributed by atoms with Gasteiger partial charge < -0.3 is 10.2 Å². The molecule has 1 aromatic carbocycles. The molecule has 1 heterocycles. The van der Waals surface area contributed by atoms with Crippen molar-refractivity contribution in [2.45, 2.75) is 7.43 Å². The smallest absolute Gasteiger partial charge is 0.161 e. The second kappa shape index (κ2) is 8.08. The van der Waals surface area contributed by atoms with Crippen LogP contribution in [0.15, 0.2) is 18.2 Å². The molecule has 0 aromatic heterocycles. The SMILES string of the molecule is C.CN1CCNCC1.Fc1ccc(F)c(F)c1. The third-order valence-electron chi connectivity index (χ3n) is 2.22. The first-order valence-corrected chi connectivity index (χ1v) is 5.09. The van der Waals surface area contributed by atoms with E-state index in [0.717, 1.165) is 25.2 Å². The standard InChI is InChI=1S/C6H3F3.C5H12N2.CH4/c7-4-1-2-5(8)6(9)3-4;1-7-4-2-6-3-5-7;/h1-3H;6H,2-5H2,1H3;1H4. The normalized spacial score (nSPS) is 15.5. The molecule has 1 fully saturated rings. The molecule has 2 rings (SSSR count). The van der Waals surface area contributed by atoms with Gasteiger partial charge in [0.2, 0.25) is 0 Å². The van der Waals surface area contributed by atoms with E-state index in [4.69, 9.17) is 0 Å². The Hall–Kier alpha value is -1.07. The number of nitrogens with one attached hydrogen (secondary N) is 1. The van der Waals surface area contributed by atoms with Crippen molar-refractivity contribution in [2.75, 3.05) is 33.2 Å². The maximum atomic E-state index is 12.0. The van der Waals surface area contributed by atoms with E-state index in [9.17, 15) is 13.2 Å². The van der Waals surface area contributed by atoms with Crippen molar-refractivity contribution >= 4 is 0 Å². The number of rotatable bonds is 0. The van der Waals surface area contributed by atoms with Crippen molar-refractivity contribution in [2.24, 2.45) is 0 Å². The number of nitrogens with zero attached hydrogens (tertiary/aromatic N) is 1. The molecule has 0 saturated carbocycles.